The molecule has 0 radical (unpaired) electrons. The van der Waals surface area contributed by atoms with Crippen molar-refractivity contribution in [2.24, 2.45) is 0 Å². The first-order valence-corrected chi connectivity index (χ1v) is 5.97. The van der Waals surface area contributed by atoms with Crippen molar-refractivity contribution in [3.05, 3.63) is 59.7 Å². The monoisotopic (exact) mass is 252 g/mol. The van der Waals surface area contributed by atoms with E-state index in [1.165, 1.54) is 4.90 Å². The first kappa shape index (κ1) is 11.5. The van der Waals surface area contributed by atoms with Crippen LogP contribution in [0.5, 0.6) is 0 Å². The van der Waals surface area contributed by atoms with Crippen molar-refractivity contribution in [2.75, 3.05) is 10.6 Å². The summed E-state index contributed by atoms with van der Waals surface area (Å²) >= 11 is 0. The summed E-state index contributed by atoms with van der Waals surface area (Å²) in [6, 6.07) is 14.7. The van der Waals surface area contributed by atoms with Gasteiger partial charge in [0.25, 0.3) is 11.7 Å². The van der Waals surface area contributed by atoms with Crippen LogP contribution in [0.15, 0.2) is 48.5 Å². The average molecular weight is 252 g/mol. The van der Waals surface area contributed by atoms with E-state index in [2.05, 4.69) is 0 Å². The Labute approximate surface area is 110 Å². The molecule has 0 saturated heterocycles. The molecule has 0 spiro atoms. The molecule has 0 atom stereocenters. The molecule has 0 bridgehead atoms. The molecule has 0 aliphatic carbocycles. The predicted octanol–water partition coefficient (Wildman–Crippen LogP) is 2.00. The Bertz CT molecular complexity index is 665. The molecule has 1 amide bonds. The first-order valence-electron chi connectivity index (χ1n) is 5.97. The molecule has 3 rings (SSSR count). The number of anilines is 2. The van der Waals surface area contributed by atoms with Gasteiger partial charge in [-0.2, -0.15) is 0 Å². The van der Waals surface area contributed by atoms with Crippen molar-refractivity contribution in [1.29, 1.82) is 0 Å². The van der Waals surface area contributed by atoms with Gasteiger partial charge < -0.3 is 10.6 Å². The zero-order valence-corrected chi connectivity index (χ0v) is 10.2. The van der Waals surface area contributed by atoms with Gasteiger partial charge in [-0.3, -0.25) is 9.59 Å². The number of amides is 1. The zero-order valence-electron chi connectivity index (χ0n) is 10.2. The van der Waals surface area contributed by atoms with E-state index in [-0.39, 0.29) is 0 Å². The molecule has 0 fully saturated rings. The lowest BCUT2D eigenvalue weighted by molar-refractivity contribution is -0.114. The standard InChI is InChI=1S/C15H12N2O2/c16-11-7-4-8-12-13(11)14(18)15(19)17(12)9-10-5-2-1-3-6-10/h1-8H,9,16H2. The van der Waals surface area contributed by atoms with Crippen LogP contribution in [-0.4, -0.2) is 11.7 Å². The summed E-state index contributed by atoms with van der Waals surface area (Å²) in [5.74, 6) is -1.04. The summed E-state index contributed by atoms with van der Waals surface area (Å²) in [5, 5.41) is 0. The predicted molar refractivity (Wildman–Crippen MR) is 72.8 cm³/mol. The Hall–Kier alpha value is -2.62. The smallest absolute Gasteiger partial charge is 0.299 e. The zero-order chi connectivity index (χ0) is 13.4. The highest BCUT2D eigenvalue weighted by Gasteiger charge is 2.37. The molecule has 0 saturated carbocycles. The lowest BCUT2D eigenvalue weighted by Gasteiger charge is -2.16. The summed E-state index contributed by atoms with van der Waals surface area (Å²) in [7, 11) is 0. The second kappa shape index (κ2) is 4.24. The fraction of sp³-hybridized carbons (Fsp3) is 0.0667. The maximum Gasteiger partial charge on any atom is 0.299 e. The van der Waals surface area contributed by atoms with Crippen LogP contribution in [0.4, 0.5) is 11.4 Å². The van der Waals surface area contributed by atoms with E-state index in [0.29, 0.717) is 23.5 Å². The van der Waals surface area contributed by atoms with Crippen LogP contribution in [0.3, 0.4) is 0 Å². The quantitative estimate of drug-likeness (QED) is 0.656. The molecule has 2 aromatic rings. The summed E-state index contributed by atoms with van der Waals surface area (Å²) < 4.78 is 0. The SMILES string of the molecule is Nc1cccc2c1C(=O)C(=O)N2Cc1ccccc1. The molecule has 1 aliphatic heterocycles. The largest absolute Gasteiger partial charge is 0.398 e. The van der Waals surface area contributed by atoms with E-state index in [4.69, 9.17) is 5.73 Å². The molecule has 94 valence electrons. The third-order valence-electron chi connectivity index (χ3n) is 3.22. The van der Waals surface area contributed by atoms with E-state index in [1.807, 2.05) is 30.3 Å². The number of hydrogen-bond acceptors (Lipinski definition) is 3. The van der Waals surface area contributed by atoms with Crippen LogP contribution in [0.25, 0.3) is 0 Å². The minimum atomic E-state index is -0.524. The van der Waals surface area contributed by atoms with Gasteiger partial charge in [-0.25, -0.2) is 0 Å². The number of fused-ring (bicyclic) bond motifs is 1. The lowest BCUT2D eigenvalue weighted by Crippen LogP contribution is -2.29. The van der Waals surface area contributed by atoms with Gasteiger partial charge in [-0.1, -0.05) is 36.4 Å². The first-order chi connectivity index (χ1) is 9.18. The molecule has 4 heteroatoms. The van der Waals surface area contributed by atoms with Crippen molar-refractivity contribution < 1.29 is 9.59 Å². The molecule has 2 N–H and O–H groups in total. The maximum absolute atomic E-state index is 12.0. The van der Waals surface area contributed by atoms with Crippen LogP contribution >= 0.6 is 0 Å². The second-order valence-corrected chi connectivity index (χ2v) is 4.45. The number of rotatable bonds is 2. The number of ketones is 1. The molecular formula is C15H12N2O2. The third kappa shape index (κ3) is 1.78. The van der Waals surface area contributed by atoms with Crippen molar-refractivity contribution >= 4 is 23.1 Å². The number of benzene rings is 2. The molecule has 0 aromatic heterocycles. The van der Waals surface area contributed by atoms with Gasteiger partial charge in [0.05, 0.1) is 17.8 Å². The van der Waals surface area contributed by atoms with E-state index >= 15 is 0 Å². The van der Waals surface area contributed by atoms with Crippen LogP contribution in [0.1, 0.15) is 15.9 Å². The Morgan fingerprint density at radius 2 is 1.68 bits per heavy atom. The maximum atomic E-state index is 12.0. The highest BCUT2D eigenvalue weighted by Crippen LogP contribution is 2.33. The topological polar surface area (TPSA) is 63.4 Å². The Kier molecular flexibility index (Phi) is 2.56. The van der Waals surface area contributed by atoms with Gasteiger partial charge >= 0.3 is 0 Å². The van der Waals surface area contributed by atoms with Crippen molar-refractivity contribution in [2.45, 2.75) is 6.54 Å². The highest BCUT2D eigenvalue weighted by molar-refractivity contribution is 6.53. The summed E-state index contributed by atoms with van der Waals surface area (Å²) in [6.07, 6.45) is 0. The number of carbonyl (C=O) groups is 2. The van der Waals surface area contributed by atoms with Gasteiger partial charge in [0.15, 0.2) is 0 Å². The summed E-state index contributed by atoms with van der Waals surface area (Å²) in [4.78, 5) is 25.5. The third-order valence-corrected chi connectivity index (χ3v) is 3.22. The van der Waals surface area contributed by atoms with Gasteiger partial charge in [0.1, 0.15) is 0 Å². The number of carbonyl (C=O) groups excluding carboxylic acids is 2. The molecule has 1 heterocycles. The van der Waals surface area contributed by atoms with Crippen molar-refractivity contribution in [3.63, 3.8) is 0 Å². The van der Waals surface area contributed by atoms with Gasteiger partial charge in [-0.05, 0) is 17.7 Å². The van der Waals surface area contributed by atoms with E-state index in [1.54, 1.807) is 18.2 Å². The van der Waals surface area contributed by atoms with Crippen LogP contribution in [0.2, 0.25) is 0 Å². The van der Waals surface area contributed by atoms with Gasteiger partial charge in [0, 0.05) is 5.69 Å². The van der Waals surface area contributed by atoms with Gasteiger partial charge in [0.2, 0.25) is 0 Å². The van der Waals surface area contributed by atoms with Crippen LogP contribution in [-0.2, 0) is 11.3 Å². The number of nitrogen functional groups attached to an aromatic ring is 1. The molecule has 0 unspecified atom stereocenters. The lowest BCUT2D eigenvalue weighted by atomic mass is 10.1. The normalized spacial score (nSPS) is 13.8. The average Bonchev–Trinajstić information content (AvgIpc) is 2.66. The van der Waals surface area contributed by atoms with Gasteiger partial charge in [-0.15, -0.1) is 0 Å². The Morgan fingerprint density at radius 3 is 2.42 bits per heavy atom. The van der Waals surface area contributed by atoms with Crippen LogP contribution in [0, 0.1) is 0 Å². The number of nitrogens with two attached hydrogens (primary N) is 1. The van der Waals surface area contributed by atoms with Crippen molar-refractivity contribution in [1.82, 2.24) is 0 Å². The second-order valence-electron chi connectivity index (χ2n) is 4.45. The van der Waals surface area contributed by atoms with E-state index in [0.717, 1.165) is 5.56 Å². The van der Waals surface area contributed by atoms with Crippen molar-refractivity contribution in [3.8, 4) is 0 Å². The van der Waals surface area contributed by atoms with Crippen LogP contribution < -0.4 is 10.6 Å². The minimum Gasteiger partial charge on any atom is -0.398 e. The molecule has 4 nitrogen and oxygen atoms in total. The number of Topliss-reactive ketones (excluding diaryl/α,β-unsaturated/α-hetero) is 1. The number of nitrogens with zero attached hydrogens (tertiary/aromatic N) is 1. The molecule has 2 aromatic carbocycles. The molecular weight excluding hydrogens is 240 g/mol. The Morgan fingerprint density at radius 1 is 0.947 bits per heavy atom. The van der Waals surface area contributed by atoms with E-state index < -0.39 is 11.7 Å². The van der Waals surface area contributed by atoms with E-state index in [9.17, 15) is 9.59 Å². The summed E-state index contributed by atoms with van der Waals surface area (Å²) in [5.41, 5.74) is 8.02. The highest BCUT2D eigenvalue weighted by atomic mass is 16.2. The molecule has 1 aliphatic rings. The fourth-order valence-electron chi connectivity index (χ4n) is 2.29. The summed E-state index contributed by atoms with van der Waals surface area (Å²) in [6.45, 7) is 0.377. The minimum absolute atomic E-state index is 0.323. The Balaban J connectivity index is 2.03. The fourth-order valence-corrected chi connectivity index (χ4v) is 2.29. The number of hydrogen-bond donors (Lipinski definition) is 1. The molecule has 19 heavy (non-hydrogen) atoms.